The first-order chi connectivity index (χ1) is 7.20. The van der Waals surface area contributed by atoms with Crippen LogP contribution in [0.15, 0.2) is 68.0 Å². The van der Waals surface area contributed by atoms with Gasteiger partial charge in [0.2, 0.25) is 0 Å². The summed E-state index contributed by atoms with van der Waals surface area (Å²) in [6.45, 7) is 0. The largest absolute Gasteiger partial charge is 0.0622 e. The van der Waals surface area contributed by atoms with Gasteiger partial charge in [0.05, 0.1) is 0 Å². The van der Waals surface area contributed by atoms with Gasteiger partial charge in [0.15, 0.2) is 0 Å². The van der Waals surface area contributed by atoms with E-state index >= 15 is 0 Å². The first-order valence-electron chi connectivity index (χ1n) is 4.30. The van der Waals surface area contributed by atoms with Crippen molar-refractivity contribution >= 4 is 47.8 Å². The van der Waals surface area contributed by atoms with Crippen LogP contribution in [0.3, 0.4) is 0 Å². The van der Waals surface area contributed by atoms with E-state index in [1.165, 1.54) is 0 Å². The zero-order chi connectivity index (χ0) is 11.1. The van der Waals surface area contributed by atoms with Crippen molar-refractivity contribution in [1.29, 1.82) is 0 Å². The molecule has 0 radical (unpaired) electrons. The molecule has 0 spiro atoms. The number of hydrogen-bond donors (Lipinski definition) is 0. The maximum atomic E-state index is 3.35. The van der Waals surface area contributed by atoms with E-state index in [-0.39, 0.29) is 0 Å². The van der Waals surface area contributed by atoms with Gasteiger partial charge in [-0.3, -0.25) is 0 Å². The molecule has 0 aliphatic heterocycles. The summed E-state index contributed by atoms with van der Waals surface area (Å²) in [4.78, 5) is 0. The van der Waals surface area contributed by atoms with Gasteiger partial charge in [-0.2, -0.15) is 0 Å². The van der Waals surface area contributed by atoms with E-state index in [0.717, 1.165) is 13.4 Å². The predicted molar refractivity (Wildman–Crippen MR) is 76.0 cm³/mol. The minimum absolute atomic E-state index is 1.10. The van der Waals surface area contributed by atoms with E-state index in [1.54, 1.807) is 0 Å². The summed E-state index contributed by atoms with van der Waals surface area (Å²) in [5.74, 6) is 0. The van der Waals surface area contributed by atoms with Crippen molar-refractivity contribution in [3.05, 3.63) is 68.0 Å². The van der Waals surface area contributed by atoms with Crippen LogP contribution in [-0.2, 0) is 0 Å². The molecule has 2 rings (SSSR count). The minimum Gasteiger partial charge on any atom is -0.0622 e. The topological polar surface area (TPSA) is 0 Å². The van der Waals surface area contributed by atoms with Crippen LogP contribution in [0, 0.1) is 0 Å². The normalized spacial score (nSPS) is 9.00. The summed E-state index contributed by atoms with van der Waals surface area (Å²) in [6, 6.07) is 17.9. The molecule has 0 atom stereocenters. The van der Waals surface area contributed by atoms with Crippen LogP contribution >= 0.6 is 47.8 Å². The van der Waals surface area contributed by atoms with E-state index in [2.05, 4.69) is 47.8 Å². The molecule has 0 fully saturated rings. The average Bonchev–Trinajstić information content (AvgIpc) is 2.25. The summed E-state index contributed by atoms with van der Waals surface area (Å²) in [7, 11) is 0. The van der Waals surface area contributed by atoms with Crippen LogP contribution in [0.2, 0.25) is 0 Å². The monoisotopic (exact) mass is 390 g/mol. The summed E-state index contributed by atoms with van der Waals surface area (Å²) in [6.07, 6.45) is 0. The van der Waals surface area contributed by atoms with Crippen molar-refractivity contribution in [1.82, 2.24) is 0 Å². The quantitative estimate of drug-likeness (QED) is 0.542. The fraction of sp³-hybridized carbons (Fsp3) is 0. The standard InChI is InChI=1S/C6H4Br2.C6H5Br/c7-5-3-1-2-4-6(5)8;7-6-4-2-1-3-5-6/h1-4H;1-5H. The molecule has 0 heterocycles. The van der Waals surface area contributed by atoms with Gasteiger partial charge in [0.25, 0.3) is 0 Å². The number of halogens is 3. The summed E-state index contributed by atoms with van der Waals surface area (Å²) >= 11 is 10.0. The van der Waals surface area contributed by atoms with E-state index in [4.69, 9.17) is 0 Å². The summed E-state index contributed by atoms with van der Waals surface area (Å²) in [5.41, 5.74) is 0. The summed E-state index contributed by atoms with van der Waals surface area (Å²) < 4.78 is 3.33. The van der Waals surface area contributed by atoms with Gasteiger partial charge in [0.1, 0.15) is 0 Å². The highest BCUT2D eigenvalue weighted by Crippen LogP contribution is 2.20. The Hall–Kier alpha value is -0.120. The van der Waals surface area contributed by atoms with E-state index in [9.17, 15) is 0 Å². The third kappa shape index (κ3) is 5.50. The first-order valence-corrected chi connectivity index (χ1v) is 6.68. The molecule has 2 aromatic carbocycles. The van der Waals surface area contributed by atoms with Crippen LogP contribution in [0.4, 0.5) is 0 Å². The van der Waals surface area contributed by atoms with Crippen LogP contribution < -0.4 is 0 Å². The minimum atomic E-state index is 1.10. The second-order valence-corrected chi connectivity index (χ2v) is 5.33. The molecular weight excluding hydrogens is 384 g/mol. The third-order valence-corrected chi connectivity index (χ3v) is 4.00. The molecule has 0 unspecified atom stereocenters. The van der Waals surface area contributed by atoms with Gasteiger partial charge in [-0.1, -0.05) is 46.3 Å². The lowest BCUT2D eigenvalue weighted by molar-refractivity contribution is 1.59. The molecule has 0 N–H and O–H groups in total. The van der Waals surface area contributed by atoms with Crippen molar-refractivity contribution < 1.29 is 0 Å². The molecule has 0 saturated heterocycles. The second-order valence-electron chi connectivity index (χ2n) is 2.71. The van der Waals surface area contributed by atoms with Gasteiger partial charge in [0, 0.05) is 13.4 Å². The highest BCUT2D eigenvalue weighted by molar-refractivity contribution is 9.13. The predicted octanol–water partition coefficient (Wildman–Crippen LogP) is 5.66. The molecular formula is C12H9Br3. The van der Waals surface area contributed by atoms with Gasteiger partial charge >= 0.3 is 0 Å². The van der Waals surface area contributed by atoms with Crippen LogP contribution in [-0.4, -0.2) is 0 Å². The molecule has 0 nitrogen and oxygen atoms in total. The maximum absolute atomic E-state index is 3.35. The SMILES string of the molecule is Brc1ccccc1.Brc1ccccc1Br. The first kappa shape index (κ1) is 12.9. The summed E-state index contributed by atoms with van der Waals surface area (Å²) in [5, 5.41) is 0. The van der Waals surface area contributed by atoms with Crippen LogP contribution in [0.25, 0.3) is 0 Å². The molecule has 78 valence electrons. The van der Waals surface area contributed by atoms with Crippen molar-refractivity contribution in [2.24, 2.45) is 0 Å². The zero-order valence-corrected chi connectivity index (χ0v) is 12.6. The van der Waals surface area contributed by atoms with E-state index < -0.39 is 0 Å². The van der Waals surface area contributed by atoms with Crippen molar-refractivity contribution in [2.75, 3.05) is 0 Å². The molecule has 0 bridgehead atoms. The Bertz CT molecular complexity index is 378. The van der Waals surface area contributed by atoms with Gasteiger partial charge < -0.3 is 0 Å². The molecule has 0 aliphatic rings. The van der Waals surface area contributed by atoms with Gasteiger partial charge in [-0.05, 0) is 56.1 Å². The Morgan fingerprint density at radius 1 is 0.533 bits per heavy atom. The third-order valence-electron chi connectivity index (χ3n) is 1.56. The van der Waals surface area contributed by atoms with Crippen molar-refractivity contribution in [3.63, 3.8) is 0 Å². The van der Waals surface area contributed by atoms with Crippen molar-refractivity contribution in [3.8, 4) is 0 Å². The van der Waals surface area contributed by atoms with E-state index in [0.29, 0.717) is 0 Å². The maximum Gasteiger partial charge on any atom is 0.0317 e. The molecule has 0 aromatic heterocycles. The molecule has 3 heteroatoms. The molecule has 0 aliphatic carbocycles. The average molecular weight is 393 g/mol. The Morgan fingerprint density at radius 2 is 0.933 bits per heavy atom. The van der Waals surface area contributed by atoms with Crippen molar-refractivity contribution in [2.45, 2.75) is 0 Å². The fourth-order valence-corrected chi connectivity index (χ4v) is 1.73. The highest BCUT2D eigenvalue weighted by atomic mass is 79.9. The van der Waals surface area contributed by atoms with Crippen LogP contribution in [0.1, 0.15) is 0 Å². The lowest BCUT2D eigenvalue weighted by atomic mass is 10.4. The molecule has 0 amide bonds. The fourth-order valence-electron chi connectivity index (χ4n) is 0.854. The van der Waals surface area contributed by atoms with E-state index in [1.807, 2.05) is 54.6 Å². The Balaban J connectivity index is 0.000000151. The number of hydrogen-bond acceptors (Lipinski definition) is 0. The lowest BCUT2D eigenvalue weighted by Gasteiger charge is -1.89. The van der Waals surface area contributed by atoms with Crippen LogP contribution in [0.5, 0.6) is 0 Å². The Labute approximate surface area is 115 Å². The molecule has 2 aromatic rings. The van der Waals surface area contributed by atoms with Gasteiger partial charge in [-0.25, -0.2) is 0 Å². The lowest BCUT2D eigenvalue weighted by Crippen LogP contribution is -1.63. The Morgan fingerprint density at radius 3 is 1.20 bits per heavy atom. The number of rotatable bonds is 0. The molecule has 0 saturated carbocycles. The Kier molecular flexibility index (Phi) is 6.22. The highest BCUT2D eigenvalue weighted by Gasteiger charge is 1.88. The molecule has 15 heavy (non-hydrogen) atoms. The number of benzene rings is 2. The zero-order valence-electron chi connectivity index (χ0n) is 7.83. The second kappa shape index (κ2) is 7.20. The smallest absolute Gasteiger partial charge is 0.0317 e. The van der Waals surface area contributed by atoms with Gasteiger partial charge in [-0.15, -0.1) is 0 Å².